The molecule has 0 radical (unpaired) electrons. The van der Waals surface area contributed by atoms with Gasteiger partial charge in [0, 0.05) is 23.9 Å². The number of hydrogen-bond donors (Lipinski definition) is 2. The Morgan fingerprint density at radius 3 is 1.90 bits per heavy atom. The molecule has 3 rings (SSSR count). The first kappa shape index (κ1) is 23.0. The second kappa shape index (κ2) is 11.1. The highest BCUT2D eigenvalue weighted by molar-refractivity contribution is 5.28. The minimum atomic E-state index is -0.658. The fourth-order valence-corrected chi connectivity index (χ4v) is 5.56. The number of hydrogen-bond acceptors (Lipinski definition) is 2. The quantitative estimate of drug-likeness (QED) is 0.408. The zero-order valence-corrected chi connectivity index (χ0v) is 19.2. The van der Waals surface area contributed by atoms with E-state index in [0.29, 0.717) is 0 Å². The van der Waals surface area contributed by atoms with E-state index in [1.807, 2.05) is 0 Å². The molecule has 0 amide bonds. The first-order chi connectivity index (χ1) is 14.6. The lowest BCUT2D eigenvalue weighted by Crippen LogP contribution is -2.58. The largest absolute Gasteiger partial charge is 0.389 e. The molecule has 2 aromatic rings. The normalized spacial score (nSPS) is 29.1. The standard InChI is InChI=1S/C28H41NO/c1-4-6-7-8-15-21-28(30)22(3)26(23-17-11-9-12-18-23)29-27(25(28)16-5-2)24-19-13-10-14-20-24/h9-14,17-20,22,25-27,29-30H,4-8,15-16,21H2,1-3H3/t22-,25+,26-,27-,28-/m1/s1. The first-order valence-corrected chi connectivity index (χ1v) is 12.2. The Bertz CT molecular complexity index is 731. The predicted molar refractivity (Wildman–Crippen MR) is 127 cm³/mol. The van der Waals surface area contributed by atoms with Crippen LogP contribution >= 0.6 is 0 Å². The number of piperidine rings is 1. The Kier molecular flexibility index (Phi) is 8.53. The summed E-state index contributed by atoms with van der Waals surface area (Å²) >= 11 is 0. The summed E-state index contributed by atoms with van der Waals surface area (Å²) in [6, 6.07) is 21.8. The minimum Gasteiger partial charge on any atom is -0.389 e. The van der Waals surface area contributed by atoms with E-state index in [-0.39, 0.29) is 23.9 Å². The Morgan fingerprint density at radius 2 is 1.33 bits per heavy atom. The summed E-state index contributed by atoms with van der Waals surface area (Å²) in [5.41, 5.74) is 1.92. The van der Waals surface area contributed by atoms with Gasteiger partial charge in [-0.25, -0.2) is 0 Å². The molecule has 2 N–H and O–H groups in total. The van der Waals surface area contributed by atoms with Crippen molar-refractivity contribution < 1.29 is 5.11 Å². The van der Waals surface area contributed by atoms with Gasteiger partial charge >= 0.3 is 0 Å². The van der Waals surface area contributed by atoms with Gasteiger partial charge in [-0.1, -0.05) is 120 Å². The van der Waals surface area contributed by atoms with Crippen LogP contribution in [0.1, 0.15) is 95.3 Å². The van der Waals surface area contributed by atoms with Crippen LogP contribution < -0.4 is 5.32 Å². The molecule has 1 heterocycles. The highest BCUT2D eigenvalue weighted by atomic mass is 16.3. The van der Waals surface area contributed by atoms with Crippen molar-refractivity contribution in [3.63, 3.8) is 0 Å². The fourth-order valence-electron chi connectivity index (χ4n) is 5.56. The van der Waals surface area contributed by atoms with Crippen LogP contribution in [0.5, 0.6) is 0 Å². The van der Waals surface area contributed by atoms with Gasteiger partial charge in [0.1, 0.15) is 0 Å². The van der Waals surface area contributed by atoms with Crippen LogP contribution in [0, 0.1) is 11.8 Å². The second-order valence-electron chi connectivity index (χ2n) is 9.28. The Morgan fingerprint density at radius 1 is 0.767 bits per heavy atom. The monoisotopic (exact) mass is 407 g/mol. The molecule has 5 atom stereocenters. The average Bonchev–Trinajstić information content (AvgIpc) is 2.78. The van der Waals surface area contributed by atoms with Crippen molar-refractivity contribution in [3.8, 4) is 0 Å². The van der Waals surface area contributed by atoms with Crippen molar-refractivity contribution in [3.05, 3.63) is 71.8 Å². The van der Waals surface area contributed by atoms with Crippen molar-refractivity contribution in [2.24, 2.45) is 11.8 Å². The molecule has 0 spiro atoms. The molecule has 1 aliphatic rings. The van der Waals surface area contributed by atoms with Crippen molar-refractivity contribution in [2.45, 2.75) is 89.8 Å². The summed E-state index contributed by atoms with van der Waals surface area (Å²) in [4.78, 5) is 0. The minimum absolute atomic E-state index is 0.158. The third kappa shape index (κ3) is 5.15. The van der Waals surface area contributed by atoms with Crippen LogP contribution in [0.15, 0.2) is 60.7 Å². The molecule has 2 heteroatoms. The molecular formula is C28H41NO. The maximum absolute atomic E-state index is 12.3. The number of benzene rings is 2. The lowest BCUT2D eigenvalue weighted by molar-refractivity contribution is -0.126. The molecular weight excluding hydrogens is 366 g/mol. The molecule has 1 fully saturated rings. The van der Waals surface area contributed by atoms with Crippen LogP contribution in [-0.4, -0.2) is 10.7 Å². The van der Waals surface area contributed by atoms with Gasteiger partial charge in [0.25, 0.3) is 0 Å². The van der Waals surface area contributed by atoms with Crippen LogP contribution in [0.4, 0.5) is 0 Å². The molecule has 1 aliphatic heterocycles. The van der Waals surface area contributed by atoms with Crippen LogP contribution in [0.25, 0.3) is 0 Å². The summed E-state index contributed by atoms with van der Waals surface area (Å²) in [5, 5.41) is 16.3. The van der Waals surface area contributed by atoms with Gasteiger partial charge in [-0.05, 0) is 24.0 Å². The Balaban J connectivity index is 1.94. The summed E-state index contributed by atoms with van der Waals surface area (Å²) in [7, 11) is 0. The fraction of sp³-hybridized carbons (Fsp3) is 0.571. The summed E-state index contributed by atoms with van der Waals surface area (Å²) in [6.07, 6.45) is 9.22. The highest BCUT2D eigenvalue weighted by Crippen LogP contribution is 2.50. The summed E-state index contributed by atoms with van der Waals surface area (Å²) in [5.74, 6) is 0.397. The number of rotatable bonds is 10. The smallest absolute Gasteiger partial charge is 0.0737 e. The number of unbranched alkanes of at least 4 members (excludes halogenated alkanes) is 4. The third-order valence-electron chi connectivity index (χ3n) is 7.29. The van der Waals surface area contributed by atoms with Crippen molar-refractivity contribution in [1.82, 2.24) is 5.32 Å². The van der Waals surface area contributed by atoms with Crippen molar-refractivity contribution >= 4 is 0 Å². The molecule has 164 valence electrons. The molecule has 2 nitrogen and oxygen atoms in total. The highest BCUT2D eigenvalue weighted by Gasteiger charge is 2.52. The topological polar surface area (TPSA) is 32.3 Å². The number of nitrogens with one attached hydrogen (secondary N) is 1. The van der Waals surface area contributed by atoms with Gasteiger partial charge in [-0.3, -0.25) is 0 Å². The molecule has 1 saturated heterocycles. The maximum atomic E-state index is 12.3. The van der Waals surface area contributed by atoms with Gasteiger partial charge in [-0.2, -0.15) is 0 Å². The molecule has 0 saturated carbocycles. The van der Waals surface area contributed by atoms with E-state index >= 15 is 0 Å². The number of aliphatic hydroxyl groups is 1. The molecule has 0 unspecified atom stereocenters. The zero-order valence-electron chi connectivity index (χ0n) is 19.2. The molecule has 0 aliphatic carbocycles. The lowest BCUT2D eigenvalue weighted by Gasteiger charge is -2.53. The zero-order chi connectivity index (χ0) is 21.4. The molecule has 2 aromatic carbocycles. The van der Waals surface area contributed by atoms with Gasteiger partial charge < -0.3 is 10.4 Å². The van der Waals surface area contributed by atoms with Crippen LogP contribution in [0.3, 0.4) is 0 Å². The van der Waals surface area contributed by atoms with E-state index in [9.17, 15) is 5.11 Å². The summed E-state index contributed by atoms with van der Waals surface area (Å²) < 4.78 is 0. The maximum Gasteiger partial charge on any atom is 0.0737 e. The Labute approximate surface area is 184 Å². The van der Waals surface area contributed by atoms with E-state index in [0.717, 1.165) is 25.7 Å². The molecule has 0 aromatic heterocycles. The van der Waals surface area contributed by atoms with E-state index in [4.69, 9.17) is 0 Å². The van der Waals surface area contributed by atoms with Gasteiger partial charge in [0.15, 0.2) is 0 Å². The van der Waals surface area contributed by atoms with Crippen molar-refractivity contribution in [1.29, 1.82) is 0 Å². The summed E-state index contributed by atoms with van der Waals surface area (Å²) in [6.45, 7) is 6.77. The molecule has 30 heavy (non-hydrogen) atoms. The first-order valence-electron chi connectivity index (χ1n) is 12.2. The van der Waals surface area contributed by atoms with E-state index < -0.39 is 5.60 Å². The van der Waals surface area contributed by atoms with E-state index in [2.05, 4.69) is 86.8 Å². The van der Waals surface area contributed by atoms with Gasteiger partial charge in [-0.15, -0.1) is 0 Å². The van der Waals surface area contributed by atoms with Crippen LogP contribution in [-0.2, 0) is 0 Å². The average molecular weight is 408 g/mol. The lowest BCUT2D eigenvalue weighted by atomic mass is 9.62. The van der Waals surface area contributed by atoms with E-state index in [1.165, 1.54) is 36.8 Å². The third-order valence-corrected chi connectivity index (χ3v) is 7.29. The second-order valence-corrected chi connectivity index (χ2v) is 9.28. The van der Waals surface area contributed by atoms with Crippen molar-refractivity contribution in [2.75, 3.05) is 0 Å². The SMILES string of the molecule is CCCCCCC[C@@]1(O)[C@H](C)[C@H](c2ccccc2)N[C@H](c2ccccc2)[C@@H]1CCC. The predicted octanol–water partition coefficient (Wildman–Crippen LogP) is 7.22. The van der Waals surface area contributed by atoms with E-state index in [1.54, 1.807) is 0 Å². The molecule has 0 bridgehead atoms. The van der Waals surface area contributed by atoms with Gasteiger partial charge in [0.2, 0.25) is 0 Å². The Hall–Kier alpha value is -1.64. The van der Waals surface area contributed by atoms with Gasteiger partial charge in [0.05, 0.1) is 5.60 Å². The van der Waals surface area contributed by atoms with Crippen LogP contribution in [0.2, 0.25) is 0 Å².